The van der Waals surface area contributed by atoms with Crippen LogP contribution in [0.15, 0.2) is 18.2 Å². The molecule has 0 amide bonds. The first kappa shape index (κ1) is 13.2. The number of anilines is 2. The highest BCUT2D eigenvalue weighted by Gasteiger charge is 2.13. The molecule has 0 saturated heterocycles. The number of sulfonamides is 1. The Morgan fingerprint density at radius 3 is 2.67 bits per heavy atom. The fourth-order valence-electron chi connectivity index (χ4n) is 2.29. The van der Waals surface area contributed by atoms with Gasteiger partial charge in [0.05, 0.1) is 11.9 Å². The van der Waals surface area contributed by atoms with Crippen LogP contribution in [0.2, 0.25) is 0 Å². The Kier molecular flexibility index (Phi) is 4.11. The van der Waals surface area contributed by atoms with Crippen molar-refractivity contribution in [2.45, 2.75) is 38.1 Å². The Balaban J connectivity index is 2.02. The summed E-state index contributed by atoms with van der Waals surface area (Å²) < 4.78 is 24.8. The predicted octanol–water partition coefficient (Wildman–Crippen LogP) is 2.60. The summed E-state index contributed by atoms with van der Waals surface area (Å²) >= 11 is 0. The van der Waals surface area contributed by atoms with Gasteiger partial charge in [0.25, 0.3) is 0 Å². The third-order valence-electron chi connectivity index (χ3n) is 3.07. The quantitative estimate of drug-likeness (QED) is 0.881. The summed E-state index contributed by atoms with van der Waals surface area (Å²) in [4.78, 5) is 0. The third kappa shape index (κ3) is 4.22. The summed E-state index contributed by atoms with van der Waals surface area (Å²) in [5.41, 5.74) is 1.44. The maximum Gasteiger partial charge on any atom is 0.229 e. The van der Waals surface area contributed by atoms with E-state index in [1.54, 1.807) is 18.2 Å². The highest BCUT2D eigenvalue weighted by Crippen LogP contribution is 2.23. The molecule has 1 aliphatic rings. The maximum absolute atomic E-state index is 11.2. The zero-order chi connectivity index (χ0) is 13.0. The molecule has 2 rings (SSSR count). The van der Waals surface area contributed by atoms with E-state index in [-0.39, 0.29) is 0 Å². The predicted molar refractivity (Wildman–Crippen MR) is 74.2 cm³/mol. The van der Waals surface area contributed by atoms with E-state index in [1.165, 1.54) is 32.1 Å². The Labute approximate surface area is 109 Å². The Hall–Kier alpha value is -1.23. The van der Waals surface area contributed by atoms with Gasteiger partial charge < -0.3 is 5.32 Å². The van der Waals surface area contributed by atoms with Crippen molar-refractivity contribution in [2.24, 2.45) is 0 Å². The molecule has 1 radical (unpaired) electrons. The molecule has 2 N–H and O–H groups in total. The second kappa shape index (κ2) is 5.61. The molecule has 0 aromatic heterocycles. The third-order valence-corrected chi connectivity index (χ3v) is 3.68. The highest BCUT2D eigenvalue weighted by molar-refractivity contribution is 7.92. The number of hydrogen-bond donors (Lipinski definition) is 2. The lowest BCUT2D eigenvalue weighted by atomic mass is 9.95. The largest absolute Gasteiger partial charge is 0.382 e. The molecular weight excluding hydrogens is 248 g/mol. The SMILES string of the molecule is CS(=O)(=O)Nc1cc[c]c(NC2CCCCC2)c1. The average molecular weight is 267 g/mol. The first-order chi connectivity index (χ1) is 8.53. The van der Waals surface area contributed by atoms with Gasteiger partial charge in [0.2, 0.25) is 10.0 Å². The summed E-state index contributed by atoms with van der Waals surface area (Å²) in [6, 6.07) is 8.81. The van der Waals surface area contributed by atoms with Crippen LogP contribution in [0, 0.1) is 6.07 Å². The summed E-state index contributed by atoms with van der Waals surface area (Å²) in [5.74, 6) is 0. The van der Waals surface area contributed by atoms with Crippen LogP contribution in [0.25, 0.3) is 0 Å². The van der Waals surface area contributed by atoms with Crippen LogP contribution in [-0.2, 0) is 10.0 Å². The van der Waals surface area contributed by atoms with Gasteiger partial charge in [-0.2, -0.15) is 0 Å². The molecule has 1 saturated carbocycles. The molecule has 0 unspecified atom stereocenters. The summed E-state index contributed by atoms with van der Waals surface area (Å²) in [6.07, 6.45) is 7.35. The molecular formula is C13H19N2O2S. The van der Waals surface area contributed by atoms with Crippen LogP contribution in [0.3, 0.4) is 0 Å². The summed E-state index contributed by atoms with van der Waals surface area (Å²) in [5, 5.41) is 3.42. The lowest BCUT2D eigenvalue weighted by molar-refractivity contribution is 0.463. The molecule has 0 bridgehead atoms. The van der Waals surface area contributed by atoms with Crippen LogP contribution in [0.1, 0.15) is 32.1 Å². The van der Waals surface area contributed by atoms with Crippen LogP contribution in [0.5, 0.6) is 0 Å². The monoisotopic (exact) mass is 267 g/mol. The molecule has 99 valence electrons. The smallest absolute Gasteiger partial charge is 0.229 e. The fraction of sp³-hybridized carbons (Fsp3) is 0.538. The number of benzene rings is 1. The topological polar surface area (TPSA) is 58.2 Å². The van der Waals surface area contributed by atoms with Gasteiger partial charge in [-0.3, -0.25) is 4.72 Å². The second-order valence-electron chi connectivity index (χ2n) is 4.84. The molecule has 0 spiro atoms. The Bertz CT molecular complexity index is 493. The number of hydrogen-bond acceptors (Lipinski definition) is 3. The molecule has 1 aromatic carbocycles. The minimum Gasteiger partial charge on any atom is -0.382 e. The van der Waals surface area contributed by atoms with Crippen molar-refractivity contribution in [3.05, 3.63) is 24.3 Å². The Morgan fingerprint density at radius 1 is 1.28 bits per heavy atom. The van der Waals surface area contributed by atoms with Crippen LogP contribution >= 0.6 is 0 Å². The standard InChI is InChI=1S/C13H19N2O2S/c1-18(16,17)15-13-9-5-8-12(10-13)14-11-6-3-2-4-7-11/h5,9-11,14-15H,2-4,6-7H2,1H3. The van der Waals surface area contributed by atoms with Crippen LogP contribution < -0.4 is 10.0 Å². The van der Waals surface area contributed by atoms with Gasteiger partial charge >= 0.3 is 0 Å². The van der Waals surface area contributed by atoms with Crippen molar-refractivity contribution in [3.8, 4) is 0 Å². The van der Waals surface area contributed by atoms with Crippen molar-refractivity contribution >= 4 is 21.4 Å². The van der Waals surface area contributed by atoms with E-state index in [0.717, 1.165) is 11.9 Å². The first-order valence-electron chi connectivity index (χ1n) is 6.29. The highest BCUT2D eigenvalue weighted by atomic mass is 32.2. The van der Waals surface area contributed by atoms with E-state index < -0.39 is 10.0 Å². The number of rotatable bonds is 4. The fourth-order valence-corrected chi connectivity index (χ4v) is 2.85. The molecule has 4 nitrogen and oxygen atoms in total. The minimum atomic E-state index is -3.22. The van der Waals surface area contributed by atoms with Gasteiger partial charge in [0.15, 0.2) is 0 Å². The maximum atomic E-state index is 11.2. The molecule has 0 heterocycles. The lowest BCUT2D eigenvalue weighted by Crippen LogP contribution is -2.22. The lowest BCUT2D eigenvalue weighted by Gasteiger charge is -2.23. The van der Waals surface area contributed by atoms with E-state index in [1.807, 2.05) is 0 Å². The van der Waals surface area contributed by atoms with E-state index in [4.69, 9.17) is 0 Å². The normalized spacial score (nSPS) is 17.4. The van der Waals surface area contributed by atoms with E-state index in [2.05, 4.69) is 16.1 Å². The van der Waals surface area contributed by atoms with E-state index in [0.29, 0.717) is 11.7 Å². The van der Waals surface area contributed by atoms with Gasteiger partial charge in [0.1, 0.15) is 0 Å². The van der Waals surface area contributed by atoms with Crippen molar-refractivity contribution in [3.63, 3.8) is 0 Å². The summed E-state index contributed by atoms with van der Waals surface area (Å²) in [7, 11) is -3.22. The second-order valence-corrected chi connectivity index (χ2v) is 6.59. The van der Waals surface area contributed by atoms with Gasteiger partial charge in [0, 0.05) is 17.8 Å². The van der Waals surface area contributed by atoms with Gasteiger partial charge in [-0.15, -0.1) is 0 Å². The molecule has 18 heavy (non-hydrogen) atoms. The molecule has 1 aliphatic carbocycles. The van der Waals surface area contributed by atoms with Crippen LogP contribution in [0.4, 0.5) is 11.4 Å². The van der Waals surface area contributed by atoms with Gasteiger partial charge in [-0.1, -0.05) is 25.3 Å². The molecule has 5 heteroatoms. The summed E-state index contributed by atoms with van der Waals surface area (Å²) in [6.45, 7) is 0. The first-order valence-corrected chi connectivity index (χ1v) is 8.18. The van der Waals surface area contributed by atoms with Crippen LogP contribution in [-0.4, -0.2) is 20.7 Å². The zero-order valence-electron chi connectivity index (χ0n) is 10.6. The molecule has 0 aliphatic heterocycles. The molecule has 1 fully saturated rings. The van der Waals surface area contributed by atoms with Crippen molar-refractivity contribution in [1.29, 1.82) is 0 Å². The van der Waals surface area contributed by atoms with Crippen molar-refractivity contribution in [2.75, 3.05) is 16.3 Å². The number of nitrogens with one attached hydrogen (secondary N) is 2. The van der Waals surface area contributed by atoms with E-state index >= 15 is 0 Å². The zero-order valence-corrected chi connectivity index (χ0v) is 11.4. The van der Waals surface area contributed by atoms with Crippen molar-refractivity contribution < 1.29 is 8.42 Å². The van der Waals surface area contributed by atoms with Gasteiger partial charge in [-0.25, -0.2) is 8.42 Å². The average Bonchev–Trinajstić information content (AvgIpc) is 2.28. The van der Waals surface area contributed by atoms with E-state index in [9.17, 15) is 8.42 Å². The molecule has 1 aromatic rings. The minimum absolute atomic E-state index is 0.489. The Morgan fingerprint density at radius 2 is 2.00 bits per heavy atom. The van der Waals surface area contributed by atoms with Crippen molar-refractivity contribution in [1.82, 2.24) is 0 Å². The van der Waals surface area contributed by atoms with Gasteiger partial charge in [-0.05, 0) is 25.0 Å². The molecule has 0 atom stereocenters.